The Labute approximate surface area is 121 Å². The molecule has 0 saturated carbocycles. The zero-order chi connectivity index (χ0) is 15.2. The van der Waals surface area contributed by atoms with Gasteiger partial charge in [0.1, 0.15) is 6.54 Å². The summed E-state index contributed by atoms with van der Waals surface area (Å²) >= 11 is 5.40. The van der Waals surface area contributed by atoms with Crippen molar-refractivity contribution in [1.29, 1.82) is 0 Å². The minimum atomic E-state index is -4.58. The molecule has 0 fully saturated rings. The molecule has 0 aromatic heterocycles. The van der Waals surface area contributed by atoms with Gasteiger partial charge in [-0.3, -0.25) is 0 Å². The van der Waals surface area contributed by atoms with Crippen LogP contribution in [0.3, 0.4) is 0 Å². The predicted octanol–water partition coefficient (Wildman–Crippen LogP) is 3.01. The molecule has 0 aliphatic carbocycles. The van der Waals surface area contributed by atoms with Gasteiger partial charge in [0.15, 0.2) is 0 Å². The SMILES string of the molecule is O=S(=O)(CCCCl)N(Cc1ccccc1)CC(F)(F)F. The first-order valence-electron chi connectivity index (χ1n) is 5.89. The summed E-state index contributed by atoms with van der Waals surface area (Å²) in [5, 5.41) is 0. The minimum absolute atomic E-state index is 0.0877. The maximum atomic E-state index is 12.5. The monoisotopic (exact) mass is 329 g/mol. The van der Waals surface area contributed by atoms with Crippen molar-refractivity contribution in [2.75, 3.05) is 18.2 Å². The Kier molecular flexibility index (Phi) is 6.29. The predicted molar refractivity (Wildman–Crippen MR) is 72.0 cm³/mol. The molecule has 0 radical (unpaired) electrons. The van der Waals surface area contributed by atoms with Gasteiger partial charge in [-0.15, -0.1) is 11.6 Å². The summed E-state index contributed by atoms with van der Waals surface area (Å²) < 4.78 is 61.9. The van der Waals surface area contributed by atoms with Crippen molar-refractivity contribution < 1.29 is 21.6 Å². The molecule has 20 heavy (non-hydrogen) atoms. The fourth-order valence-electron chi connectivity index (χ4n) is 1.61. The Morgan fingerprint density at radius 3 is 2.25 bits per heavy atom. The van der Waals surface area contributed by atoms with E-state index in [1.807, 2.05) is 0 Å². The van der Waals surface area contributed by atoms with Crippen molar-refractivity contribution in [1.82, 2.24) is 4.31 Å². The molecule has 0 unspecified atom stereocenters. The smallest absolute Gasteiger partial charge is 0.212 e. The van der Waals surface area contributed by atoms with Gasteiger partial charge in [0, 0.05) is 12.4 Å². The second-order valence-corrected chi connectivity index (χ2v) is 6.69. The van der Waals surface area contributed by atoms with Gasteiger partial charge < -0.3 is 0 Å². The molecular formula is C12H15ClF3NO2S. The molecule has 0 N–H and O–H groups in total. The van der Waals surface area contributed by atoms with Crippen LogP contribution in [0.5, 0.6) is 0 Å². The van der Waals surface area contributed by atoms with Crippen LogP contribution in [-0.4, -0.2) is 37.1 Å². The summed E-state index contributed by atoms with van der Waals surface area (Å²) in [6.07, 6.45) is -4.46. The number of hydrogen-bond donors (Lipinski definition) is 0. The molecule has 1 aromatic rings. The Hall–Kier alpha value is -0.790. The zero-order valence-electron chi connectivity index (χ0n) is 10.6. The molecule has 0 saturated heterocycles. The van der Waals surface area contributed by atoms with Gasteiger partial charge in [-0.05, 0) is 12.0 Å². The van der Waals surface area contributed by atoms with E-state index in [0.29, 0.717) is 9.87 Å². The molecule has 1 rings (SSSR count). The van der Waals surface area contributed by atoms with Crippen LogP contribution < -0.4 is 0 Å². The molecule has 1 aromatic carbocycles. The van der Waals surface area contributed by atoms with E-state index in [4.69, 9.17) is 11.6 Å². The molecule has 0 amide bonds. The highest BCUT2D eigenvalue weighted by Crippen LogP contribution is 2.21. The number of hydrogen-bond acceptors (Lipinski definition) is 2. The molecule has 0 spiro atoms. The molecule has 114 valence electrons. The largest absolute Gasteiger partial charge is 0.402 e. The number of halogens is 4. The van der Waals surface area contributed by atoms with Crippen LogP contribution in [0.4, 0.5) is 13.2 Å². The normalized spacial score (nSPS) is 12.8. The second kappa shape index (κ2) is 7.28. The quantitative estimate of drug-likeness (QED) is 0.721. The second-order valence-electron chi connectivity index (χ2n) is 4.23. The van der Waals surface area contributed by atoms with Crippen LogP contribution >= 0.6 is 11.6 Å². The fourth-order valence-corrected chi connectivity index (χ4v) is 3.35. The third kappa shape index (κ3) is 6.11. The van der Waals surface area contributed by atoms with Crippen molar-refractivity contribution in [2.45, 2.75) is 19.1 Å². The lowest BCUT2D eigenvalue weighted by Crippen LogP contribution is -2.39. The first-order chi connectivity index (χ1) is 9.24. The molecule has 0 heterocycles. The van der Waals surface area contributed by atoms with Crippen LogP contribution in [0.25, 0.3) is 0 Å². The maximum Gasteiger partial charge on any atom is 0.402 e. The van der Waals surface area contributed by atoms with E-state index in [1.165, 1.54) is 0 Å². The van der Waals surface area contributed by atoms with Crippen molar-refractivity contribution in [3.63, 3.8) is 0 Å². The van der Waals surface area contributed by atoms with Gasteiger partial charge >= 0.3 is 6.18 Å². The Balaban J connectivity index is 2.91. The van der Waals surface area contributed by atoms with Crippen molar-refractivity contribution >= 4 is 21.6 Å². The van der Waals surface area contributed by atoms with E-state index < -0.39 is 22.7 Å². The molecule has 0 atom stereocenters. The van der Waals surface area contributed by atoms with Gasteiger partial charge in [-0.25, -0.2) is 8.42 Å². The summed E-state index contributed by atoms with van der Waals surface area (Å²) in [7, 11) is -3.99. The van der Waals surface area contributed by atoms with Crippen LogP contribution in [0.1, 0.15) is 12.0 Å². The number of benzene rings is 1. The van der Waals surface area contributed by atoms with Gasteiger partial charge in [0.25, 0.3) is 0 Å². The molecule has 8 heteroatoms. The van der Waals surface area contributed by atoms with Gasteiger partial charge in [-0.1, -0.05) is 30.3 Å². The lowest BCUT2D eigenvalue weighted by atomic mass is 10.2. The summed E-state index contributed by atoms with van der Waals surface area (Å²) in [6.45, 7) is -1.79. The first kappa shape index (κ1) is 17.3. The zero-order valence-corrected chi connectivity index (χ0v) is 12.2. The van der Waals surface area contributed by atoms with E-state index in [0.717, 1.165) is 0 Å². The highest BCUT2D eigenvalue weighted by atomic mass is 35.5. The number of sulfonamides is 1. The van der Waals surface area contributed by atoms with Crippen molar-refractivity contribution in [3.8, 4) is 0 Å². The molecular weight excluding hydrogens is 315 g/mol. The minimum Gasteiger partial charge on any atom is -0.212 e. The lowest BCUT2D eigenvalue weighted by Gasteiger charge is -2.23. The highest BCUT2D eigenvalue weighted by molar-refractivity contribution is 7.89. The molecule has 0 aliphatic heterocycles. The third-order valence-corrected chi connectivity index (χ3v) is 4.60. The standard InChI is InChI=1S/C12H15ClF3NO2S/c13-7-4-8-20(18,19)17(10-12(14,15)16)9-11-5-2-1-3-6-11/h1-3,5-6H,4,7-10H2. The average Bonchev–Trinajstić information content (AvgIpc) is 2.35. The fraction of sp³-hybridized carbons (Fsp3) is 0.500. The third-order valence-electron chi connectivity index (χ3n) is 2.49. The van der Waals surface area contributed by atoms with E-state index in [9.17, 15) is 21.6 Å². The Morgan fingerprint density at radius 2 is 1.75 bits per heavy atom. The van der Waals surface area contributed by atoms with E-state index in [-0.39, 0.29) is 24.6 Å². The average molecular weight is 330 g/mol. The van der Waals surface area contributed by atoms with E-state index >= 15 is 0 Å². The summed E-state index contributed by atoms with van der Waals surface area (Å²) in [5.74, 6) is -0.302. The van der Waals surface area contributed by atoms with Crippen molar-refractivity contribution in [3.05, 3.63) is 35.9 Å². The molecule has 0 aliphatic rings. The molecule has 0 bridgehead atoms. The summed E-state index contributed by atoms with van der Waals surface area (Å²) in [5.41, 5.74) is 0.506. The molecule has 3 nitrogen and oxygen atoms in total. The number of alkyl halides is 4. The van der Waals surface area contributed by atoms with Gasteiger partial charge in [0.05, 0.1) is 5.75 Å². The van der Waals surface area contributed by atoms with Gasteiger partial charge in [-0.2, -0.15) is 17.5 Å². The van der Waals surface area contributed by atoms with Crippen molar-refractivity contribution in [2.24, 2.45) is 0 Å². The number of nitrogens with zero attached hydrogens (tertiary/aromatic N) is 1. The Bertz CT molecular complexity index is 505. The van der Waals surface area contributed by atoms with Crippen LogP contribution in [0, 0.1) is 0 Å². The van der Waals surface area contributed by atoms with Crippen LogP contribution in [0.2, 0.25) is 0 Å². The van der Waals surface area contributed by atoms with Crippen LogP contribution in [0.15, 0.2) is 30.3 Å². The van der Waals surface area contributed by atoms with Gasteiger partial charge in [0.2, 0.25) is 10.0 Å². The Morgan fingerprint density at radius 1 is 1.15 bits per heavy atom. The summed E-state index contributed by atoms with van der Waals surface area (Å²) in [4.78, 5) is 0. The van der Waals surface area contributed by atoms with E-state index in [1.54, 1.807) is 30.3 Å². The summed E-state index contributed by atoms with van der Waals surface area (Å²) in [6, 6.07) is 8.17. The van der Waals surface area contributed by atoms with E-state index in [2.05, 4.69) is 0 Å². The number of rotatable bonds is 7. The lowest BCUT2D eigenvalue weighted by molar-refractivity contribution is -0.136. The first-order valence-corrected chi connectivity index (χ1v) is 8.03. The highest BCUT2D eigenvalue weighted by Gasteiger charge is 2.36. The maximum absolute atomic E-state index is 12.5. The van der Waals surface area contributed by atoms with Crippen LogP contribution in [-0.2, 0) is 16.6 Å². The topological polar surface area (TPSA) is 37.4 Å².